The quantitative estimate of drug-likeness (QED) is 0.750. The van der Waals surface area contributed by atoms with Crippen molar-refractivity contribution in [2.75, 3.05) is 33.8 Å². The van der Waals surface area contributed by atoms with E-state index in [4.69, 9.17) is 0 Å². The van der Waals surface area contributed by atoms with Gasteiger partial charge in [0.1, 0.15) is 6.04 Å². The zero-order valence-electron chi connectivity index (χ0n) is 14.9. The maximum absolute atomic E-state index is 12.5. The lowest BCUT2D eigenvalue weighted by molar-refractivity contribution is -0.147. The molecule has 1 aliphatic rings. The van der Waals surface area contributed by atoms with Crippen LogP contribution in [0.1, 0.15) is 17.5 Å². The molecule has 1 aromatic rings. The number of hydrogen-bond acceptors (Lipinski definition) is 5. The fourth-order valence-electron chi connectivity index (χ4n) is 2.76. The normalized spacial score (nSPS) is 17.7. The summed E-state index contributed by atoms with van der Waals surface area (Å²) in [5.41, 5.74) is 2.21. The Morgan fingerprint density at radius 1 is 1.32 bits per heavy atom. The van der Waals surface area contributed by atoms with Gasteiger partial charge in [-0.25, -0.2) is 0 Å². The SMILES string of the molecule is COC(=O)C[C@H]1C(=O)NCCN1CC(=O)N(C)Cc1ccc(C)cc1. The van der Waals surface area contributed by atoms with Crippen molar-refractivity contribution in [3.8, 4) is 0 Å². The number of nitrogens with zero attached hydrogens (tertiary/aromatic N) is 2. The van der Waals surface area contributed by atoms with E-state index in [1.165, 1.54) is 12.7 Å². The Kier molecular flexibility index (Phi) is 6.52. The minimum absolute atomic E-state index is 0.0582. The Morgan fingerprint density at radius 2 is 2.00 bits per heavy atom. The third-order valence-electron chi connectivity index (χ3n) is 4.33. The zero-order valence-corrected chi connectivity index (χ0v) is 14.9. The third kappa shape index (κ3) is 5.29. The molecule has 0 spiro atoms. The summed E-state index contributed by atoms with van der Waals surface area (Å²) in [5, 5.41) is 2.73. The van der Waals surface area contributed by atoms with Gasteiger partial charge in [-0.05, 0) is 12.5 Å². The van der Waals surface area contributed by atoms with E-state index in [1.54, 1.807) is 16.8 Å². The summed E-state index contributed by atoms with van der Waals surface area (Å²) in [4.78, 5) is 39.5. The van der Waals surface area contributed by atoms with Crippen molar-refractivity contribution in [1.29, 1.82) is 0 Å². The number of aryl methyl sites for hydroxylation is 1. The summed E-state index contributed by atoms with van der Waals surface area (Å²) in [6.45, 7) is 3.60. The molecule has 1 atom stereocenters. The van der Waals surface area contributed by atoms with Gasteiger partial charge in [-0.3, -0.25) is 19.3 Å². The second kappa shape index (κ2) is 8.62. The van der Waals surface area contributed by atoms with Crippen molar-refractivity contribution in [3.05, 3.63) is 35.4 Å². The lowest BCUT2D eigenvalue weighted by Crippen LogP contribution is -2.58. The molecule has 0 saturated carbocycles. The number of esters is 1. The van der Waals surface area contributed by atoms with E-state index in [9.17, 15) is 14.4 Å². The molecule has 0 aliphatic carbocycles. The second-order valence-corrected chi connectivity index (χ2v) is 6.29. The van der Waals surface area contributed by atoms with Gasteiger partial charge in [0.25, 0.3) is 0 Å². The van der Waals surface area contributed by atoms with Crippen LogP contribution in [0.15, 0.2) is 24.3 Å². The molecule has 1 saturated heterocycles. The molecular formula is C18H25N3O4. The van der Waals surface area contributed by atoms with E-state index in [-0.39, 0.29) is 24.8 Å². The van der Waals surface area contributed by atoms with Gasteiger partial charge in [0, 0.05) is 26.7 Å². The van der Waals surface area contributed by atoms with Crippen LogP contribution in [0, 0.1) is 6.92 Å². The second-order valence-electron chi connectivity index (χ2n) is 6.29. The Bertz CT molecular complexity index is 630. The lowest BCUT2D eigenvalue weighted by atomic mass is 10.1. The number of methoxy groups -OCH3 is 1. The predicted molar refractivity (Wildman–Crippen MR) is 92.7 cm³/mol. The predicted octanol–water partition coefficient (Wildman–Crippen LogP) is 0.317. The van der Waals surface area contributed by atoms with Crippen molar-refractivity contribution in [1.82, 2.24) is 15.1 Å². The average molecular weight is 347 g/mol. The Balaban J connectivity index is 1.97. The van der Waals surface area contributed by atoms with Crippen molar-refractivity contribution >= 4 is 17.8 Å². The maximum atomic E-state index is 12.5. The van der Waals surface area contributed by atoms with Crippen molar-refractivity contribution in [2.45, 2.75) is 25.9 Å². The highest BCUT2D eigenvalue weighted by Gasteiger charge is 2.33. The lowest BCUT2D eigenvalue weighted by Gasteiger charge is -2.34. The molecule has 7 nitrogen and oxygen atoms in total. The monoisotopic (exact) mass is 347 g/mol. The van der Waals surface area contributed by atoms with E-state index >= 15 is 0 Å². The van der Waals surface area contributed by atoms with Crippen molar-refractivity contribution < 1.29 is 19.1 Å². The number of ether oxygens (including phenoxy) is 1. The first-order valence-corrected chi connectivity index (χ1v) is 8.28. The molecule has 1 aromatic carbocycles. The summed E-state index contributed by atoms with van der Waals surface area (Å²) < 4.78 is 4.65. The fourth-order valence-corrected chi connectivity index (χ4v) is 2.76. The first-order valence-electron chi connectivity index (χ1n) is 8.28. The van der Waals surface area contributed by atoms with Crippen LogP contribution in [0.5, 0.6) is 0 Å². The van der Waals surface area contributed by atoms with Crippen molar-refractivity contribution in [2.24, 2.45) is 0 Å². The van der Waals surface area contributed by atoms with Gasteiger partial charge in [-0.15, -0.1) is 0 Å². The Labute approximate surface area is 147 Å². The van der Waals surface area contributed by atoms with E-state index in [2.05, 4.69) is 10.1 Å². The first kappa shape index (κ1) is 18.9. The largest absolute Gasteiger partial charge is 0.469 e. The zero-order chi connectivity index (χ0) is 18.4. The summed E-state index contributed by atoms with van der Waals surface area (Å²) in [6, 6.07) is 7.34. The molecule has 1 heterocycles. The summed E-state index contributed by atoms with van der Waals surface area (Å²) in [6.07, 6.45) is -0.0582. The van der Waals surface area contributed by atoms with Gasteiger partial charge in [0.15, 0.2) is 0 Å². The van der Waals surface area contributed by atoms with Crippen LogP contribution in [0.3, 0.4) is 0 Å². The topological polar surface area (TPSA) is 79.0 Å². The van der Waals surface area contributed by atoms with Crippen LogP contribution in [0.4, 0.5) is 0 Å². The van der Waals surface area contributed by atoms with E-state index in [0.717, 1.165) is 5.56 Å². The van der Waals surface area contributed by atoms with Gasteiger partial charge < -0.3 is 15.0 Å². The summed E-state index contributed by atoms with van der Waals surface area (Å²) >= 11 is 0. The highest BCUT2D eigenvalue weighted by atomic mass is 16.5. The number of amides is 2. The number of piperazine rings is 1. The molecule has 0 aromatic heterocycles. The molecule has 0 unspecified atom stereocenters. The van der Waals surface area contributed by atoms with Gasteiger partial charge in [0.05, 0.1) is 20.1 Å². The fraction of sp³-hybridized carbons (Fsp3) is 0.500. The standard InChI is InChI=1S/C18H25N3O4/c1-13-4-6-14(7-5-13)11-20(2)16(22)12-21-9-8-19-18(24)15(21)10-17(23)25-3/h4-7,15H,8-12H2,1-3H3,(H,19,24)/t15-/m0/s1. The van der Waals surface area contributed by atoms with Crippen molar-refractivity contribution in [3.63, 3.8) is 0 Å². The van der Waals surface area contributed by atoms with Crippen LogP contribution >= 0.6 is 0 Å². The highest BCUT2D eigenvalue weighted by molar-refractivity contribution is 5.88. The Morgan fingerprint density at radius 3 is 2.64 bits per heavy atom. The molecule has 0 radical (unpaired) electrons. The molecular weight excluding hydrogens is 322 g/mol. The van der Waals surface area contributed by atoms with Crippen LogP contribution in [0.25, 0.3) is 0 Å². The van der Waals surface area contributed by atoms with Crippen LogP contribution in [0.2, 0.25) is 0 Å². The van der Waals surface area contributed by atoms with Crippen LogP contribution in [-0.2, 0) is 25.7 Å². The number of hydrogen-bond donors (Lipinski definition) is 1. The maximum Gasteiger partial charge on any atom is 0.307 e. The number of rotatable bonds is 6. The summed E-state index contributed by atoms with van der Waals surface area (Å²) in [7, 11) is 3.02. The average Bonchev–Trinajstić information content (AvgIpc) is 2.59. The highest BCUT2D eigenvalue weighted by Crippen LogP contribution is 2.11. The number of nitrogens with one attached hydrogen (secondary N) is 1. The summed E-state index contributed by atoms with van der Waals surface area (Å²) in [5.74, 6) is -0.803. The molecule has 0 bridgehead atoms. The smallest absolute Gasteiger partial charge is 0.307 e. The van der Waals surface area contributed by atoms with E-state index < -0.39 is 12.0 Å². The molecule has 1 fully saturated rings. The molecule has 2 rings (SSSR count). The van der Waals surface area contributed by atoms with Gasteiger partial charge in [0.2, 0.25) is 11.8 Å². The number of carbonyl (C=O) groups excluding carboxylic acids is 3. The Hall–Kier alpha value is -2.41. The van der Waals surface area contributed by atoms with E-state index in [0.29, 0.717) is 19.6 Å². The molecule has 1 aliphatic heterocycles. The molecule has 25 heavy (non-hydrogen) atoms. The third-order valence-corrected chi connectivity index (χ3v) is 4.33. The van der Waals surface area contributed by atoms with Gasteiger partial charge in [-0.1, -0.05) is 29.8 Å². The minimum Gasteiger partial charge on any atom is -0.469 e. The number of carbonyl (C=O) groups is 3. The van der Waals surface area contributed by atoms with Gasteiger partial charge in [-0.2, -0.15) is 0 Å². The number of benzene rings is 1. The molecule has 2 amide bonds. The van der Waals surface area contributed by atoms with Gasteiger partial charge >= 0.3 is 5.97 Å². The first-order chi connectivity index (χ1) is 11.9. The number of likely N-dealkylation sites (N-methyl/N-ethyl adjacent to an activating group) is 1. The van der Waals surface area contributed by atoms with Crippen LogP contribution in [-0.4, -0.2) is 67.4 Å². The van der Waals surface area contributed by atoms with E-state index in [1.807, 2.05) is 31.2 Å². The molecule has 7 heteroatoms. The molecule has 1 N–H and O–H groups in total. The van der Waals surface area contributed by atoms with Crippen LogP contribution < -0.4 is 5.32 Å². The minimum atomic E-state index is -0.669. The molecule has 136 valence electrons.